The van der Waals surface area contributed by atoms with Gasteiger partial charge in [-0.25, -0.2) is 9.18 Å². The number of methoxy groups -OCH3 is 2. The number of nitrogens with zero attached hydrogens (tertiary/aromatic N) is 1. The van der Waals surface area contributed by atoms with Crippen molar-refractivity contribution in [3.05, 3.63) is 63.5 Å². The number of ether oxygens (including phenoxy) is 2. The zero-order chi connectivity index (χ0) is 20.0. The molecule has 9 heteroatoms. The fraction of sp³-hybridized carbons (Fsp3) is 0.222. The second-order valence-electron chi connectivity index (χ2n) is 5.48. The number of nitro benzene ring substituents is 1. The Kier molecular flexibility index (Phi) is 6.42. The molecule has 8 nitrogen and oxygen atoms in total. The molecule has 27 heavy (non-hydrogen) atoms. The highest BCUT2D eigenvalue weighted by Crippen LogP contribution is 2.32. The molecule has 0 aliphatic rings. The summed E-state index contributed by atoms with van der Waals surface area (Å²) >= 11 is 0. The van der Waals surface area contributed by atoms with Crippen LogP contribution in [0.25, 0.3) is 0 Å². The first kappa shape index (κ1) is 19.8. The first-order valence-electron chi connectivity index (χ1n) is 7.84. The SMILES string of the molecule is COC(=O)c1cc(OC)c(CCC(=O)Nc2ccc(F)cc2)c([N+](=O)[O-])c1. The van der Waals surface area contributed by atoms with E-state index in [1.54, 1.807) is 0 Å². The van der Waals surface area contributed by atoms with E-state index < -0.39 is 22.6 Å². The molecule has 0 aliphatic heterocycles. The average Bonchev–Trinajstić information content (AvgIpc) is 2.66. The van der Waals surface area contributed by atoms with E-state index in [1.165, 1.54) is 37.4 Å². The molecule has 0 fully saturated rings. The lowest BCUT2D eigenvalue weighted by atomic mass is 10.0. The van der Waals surface area contributed by atoms with Gasteiger partial charge < -0.3 is 14.8 Å². The van der Waals surface area contributed by atoms with Crippen molar-refractivity contribution >= 4 is 23.3 Å². The minimum absolute atomic E-state index is 0.00790. The maximum absolute atomic E-state index is 12.9. The molecule has 2 aromatic carbocycles. The Morgan fingerprint density at radius 1 is 1.19 bits per heavy atom. The molecule has 0 unspecified atom stereocenters. The molecular formula is C18H17FN2O6. The Balaban J connectivity index is 2.21. The molecule has 0 spiro atoms. The number of nitrogens with one attached hydrogen (secondary N) is 1. The normalized spacial score (nSPS) is 10.2. The smallest absolute Gasteiger partial charge is 0.338 e. The Bertz CT molecular complexity index is 867. The summed E-state index contributed by atoms with van der Waals surface area (Å²) in [6.07, 6.45) is -0.0693. The lowest BCUT2D eigenvalue weighted by Crippen LogP contribution is -2.13. The van der Waals surface area contributed by atoms with Crippen LogP contribution in [0.3, 0.4) is 0 Å². The second kappa shape index (κ2) is 8.75. The minimum Gasteiger partial charge on any atom is -0.496 e. The number of carbonyl (C=O) groups excluding carboxylic acids is 2. The van der Waals surface area contributed by atoms with Gasteiger partial charge in [0.25, 0.3) is 5.69 Å². The average molecular weight is 376 g/mol. The summed E-state index contributed by atoms with van der Waals surface area (Å²) in [5.41, 5.74) is 0.221. The predicted molar refractivity (Wildman–Crippen MR) is 94.3 cm³/mol. The van der Waals surface area contributed by atoms with E-state index in [-0.39, 0.29) is 35.4 Å². The van der Waals surface area contributed by atoms with Gasteiger partial charge in [0, 0.05) is 18.2 Å². The van der Waals surface area contributed by atoms with E-state index in [4.69, 9.17) is 4.74 Å². The zero-order valence-corrected chi connectivity index (χ0v) is 14.7. The Labute approximate surface area is 154 Å². The van der Waals surface area contributed by atoms with Gasteiger partial charge in [-0.1, -0.05) is 0 Å². The molecule has 0 radical (unpaired) electrons. The quantitative estimate of drug-likeness (QED) is 0.452. The van der Waals surface area contributed by atoms with Gasteiger partial charge >= 0.3 is 5.97 Å². The van der Waals surface area contributed by atoms with Gasteiger partial charge in [0.2, 0.25) is 5.91 Å². The van der Waals surface area contributed by atoms with Crippen molar-refractivity contribution in [2.75, 3.05) is 19.5 Å². The van der Waals surface area contributed by atoms with Crippen LogP contribution in [0, 0.1) is 15.9 Å². The third kappa shape index (κ3) is 5.00. The Hall–Kier alpha value is -3.49. The molecule has 2 aromatic rings. The summed E-state index contributed by atoms with van der Waals surface area (Å²) in [6, 6.07) is 7.63. The Morgan fingerprint density at radius 2 is 1.85 bits per heavy atom. The summed E-state index contributed by atoms with van der Waals surface area (Å²) in [5, 5.41) is 14.0. The van der Waals surface area contributed by atoms with Crippen LogP contribution in [-0.4, -0.2) is 31.0 Å². The highest BCUT2D eigenvalue weighted by atomic mass is 19.1. The molecule has 1 N–H and O–H groups in total. The van der Waals surface area contributed by atoms with Gasteiger partial charge in [-0.05, 0) is 36.8 Å². The number of esters is 1. The van der Waals surface area contributed by atoms with Crippen molar-refractivity contribution in [1.29, 1.82) is 0 Å². The number of carbonyl (C=O) groups is 2. The topological polar surface area (TPSA) is 108 Å². The lowest BCUT2D eigenvalue weighted by Gasteiger charge is -2.11. The highest BCUT2D eigenvalue weighted by molar-refractivity contribution is 5.92. The van der Waals surface area contributed by atoms with Crippen LogP contribution in [0.4, 0.5) is 15.8 Å². The number of halogens is 1. The van der Waals surface area contributed by atoms with Crippen molar-refractivity contribution < 1.29 is 28.4 Å². The maximum atomic E-state index is 12.9. The van der Waals surface area contributed by atoms with Crippen molar-refractivity contribution in [2.45, 2.75) is 12.8 Å². The Morgan fingerprint density at radius 3 is 2.41 bits per heavy atom. The summed E-state index contributed by atoms with van der Waals surface area (Å²) < 4.78 is 22.6. The van der Waals surface area contributed by atoms with Crippen LogP contribution in [0.2, 0.25) is 0 Å². The van der Waals surface area contributed by atoms with E-state index in [0.29, 0.717) is 5.69 Å². The molecule has 0 heterocycles. The fourth-order valence-electron chi connectivity index (χ4n) is 2.46. The minimum atomic E-state index is -0.739. The van der Waals surface area contributed by atoms with Crippen molar-refractivity contribution in [3.63, 3.8) is 0 Å². The van der Waals surface area contributed by atoms with Gasteiger partial charge in [0.15, 0.2) is 0 Å². The maximum Gasteiger partial charge on any atom is 0.338 e. The number of nitro groups is 1. The number of hydrogen-bond acceptors (Lipinski definition) is 6. The predicted octanol–water partition coefficient (Wildman–Crippen LogP) is 3.10. The monoisotopic (exact) mass is 376 g/mol. The fourth-order valence-corrected chi connectivity index (χ4v) is 2.46. The molecule has 0 bridgehead atoms. The van der Waals surface area contributed by atoms with Crippen molar-refractivity contribution in [2.24, 2.45) is 0 Å². The zero-order valence-electron chi connectivity index (χ0n) is 14.7. The third-order valence-electron chi connectivity index (χ3n) is 3.75. The number of rotatable bonds is 7. The lowest BCUT2D eigenvalue weighted by molar-refractivity contribution is -0.385. The number of hydrogen-bond donors (Lipinski definition) is 1. The van der Waals surface area contributed by atoms with Gasteiger partial charge in [-0.3, -0.25) is 14.9 Å². The van der Waals surface area contributed by atoms with E-state index in [0.717, 1.165) is 13.2 Å². The summed E-state index contributed by atoms with van der Waals surface area (Å²) in [6.45, 7) is 0. The largest absolute Gasteiger partial charge is 0.496 e. The van der Waals surface area contributed by atoms with Crippen LogP contribution >= 0.6 is 0 Å². The van der Waals surface area contributed by atoms with Gasteiger partial charge in [0.05, 0.1) is 30.3 Å². The summed E-state index contributed by atoms with van der Waals surface area (Å²) in [7, 11) is 2.47. The van der Waals surface area contributed by atoms with Crippen LogP contribution in [-0.2, 0) is 16.0 Å². The summed E-state index contributed by atoms with van der Waals surface area (Å²) in [5.74, 6) is -1.47. The van der Waals surface area contributed by atoms with E-state index >= 15 is 0 Å². The van der Waals surface area contributed by atoms with E-state index in [2.05, 4.69) is 10.1 Å². The summed E-state index contributed by atoms with van der Waals surface area (Å²) in [4.78, 5) is 34.5. The molecule has 1 amide bonds. The first-order valence-corrected chi connectivity index (χ1v) is 7.84. The number of amides is 1. The van der Waals surface area contributed by atoms with Crippen LogP contribution in [0.5, 0.6) is 5.75 Å². The van der Waals surface area contributed by atoms with Crippen LogP contribution in [0.15, 0.2) is 36.4 Å². The van der Waals surface area contributed by atoms with E-state index in [1.807, 2.05) is 0 Å². The molecular weight excluding hydrogens is 359 g/mol. The van der Waals surface area contributed by atoms with Gasteiger partial charge in [0.1, 0.15) is 11.6 Å². The van der Waals surface area contributed by atoms with Crippen LogP contribution in [0.1, 0.15) is 22.3 Å². The number of anilines is 1. The van der Waals surface area contributed by atoms with Crippen molar-refractivity contribution in [1.82, 2.24) is 0 Å². The first-order chi connectivity index (χ1) is 12.8. The molecule has 142 valence electrons. The standard InChI is InChI=1S/C18H17FN2O6/c1-26-16-10-11(18(23)27-2)9-15(21(24)25)14(16)7-8-17(22)20-13-5-3-12(19)4-6-13/h3-6,9-10H,7-8H2,1-2H3,(H,20,22). The molecule has 0 aliphatic carbocycles. The second-order valence-corrected chi connectivity index (χ2v) is 5.48. The van der Waals surface area contributed by atoms with Gasteiger partial charge in [-0.2, -0.15) is 0 Å². The van der Waals surface area contributed by atoms with Gasteiger partial charge in [-0.15, -0.1) is 0 Å². The van der Waals surface area contributed by atoms with E-state index in [9.17, 15) is 24.1 Å². The van der Waals surface area contributed by atoms with Crippen molar-refractivity contribution in [3.8, 4) is 5.75 Å². The third-order valence-corrected chi connectivity index (χ3v) is 3.75. The van der Waals surface area contributed by atoms with Crippen LogP contribution < -0.4 is 10.1 Å². The molecule has 0 aromatic heterocycles. The molecule has 2 rings (SSSR count). The molecule has 0 atom stereocenters. The number of benzene rings is 2. The molecule has 0 saturated heterocycles. The molecule has 0 saturated carbocycles. The highest BCUT2D eigenvalue weighted by Gasteiger charge is 2.23.